The quantitative estimate of drug-likeness (QED) is 0.648. The molecule has 0 aliphatic heterocycles. The SMILES string of the molecule is CN(Cc1ccc(C(F)(F)F)cc1)C(=O)c1ccc2[nH]c3c(c2c1)CCCC3. The molecule has 0 saturated heterocycles. The van der Waals surface area contributed by atoms with Crippen LogP contribution in [0, 0.1) is 0 Å². The molecule has 1 N–H and O–H groups in total. The first-order chi connectivity index (χ1) is 13.3. The maximum atomic E-state index is 12.8. The summed E-state index contributed by atoms with van der Waals surface area (Å²) in [6.45, 7) is 0.250. The van der Waals surface area contributed by atoms with E-state index in [0.717, 1.165) is 42.3 Å². The largest absolute Gasteiger partial charge is 0.416 e. The second-order valence-corrected chi connectivity index (χ2v) is 7.41. The van der Waals surface area contributed by atoms with E-state index in [1.54, 1.807) is 13.1 Å². The van der Waals surface area contributed by atoms with Gasteiger partial charge in [0.15, 0.2) is 0 Å². The Kier molecular flexibility index (Phi) is 4.65. The number of carbonyl (C=O) groups is 1. The highest BCUT2D eigenvalue weighted by Crippen LogP contribution is 2.31. The van der Waals surface area contributed by atoms with Crippen LogP contribution < -0.4 is 0 Å². The first-order valence-corrected chi connectivity index (χ1v) is 9.38. The minimum absolute atomic E-state index is 0.146. The Labute approximate surface area is 161 Å². The van der Waals surface area contributed by atoms with E-state index in [1.165, 1.54) is 34.7 Å². The van der Waals surface area contributed by atoms with E-state index < -0.39 is 11.7 Å². The number of nitrogens with one attached hydrogen (secondary N) is 1. The molecule has 1 heterocycles. The number of aryl methyl sites for hydroxylation is 2. The number of aromatic nitrogens is 1. The van der Waals surface area contributed by atoms with Gasteiger partial charge in [0.1, 0.15) is 0 Å². The molecule has 4 rings (SSSR count). The molecule has 0 bridgehead atoms. The predicted octanol–water partition coefficient (Wildman–Crippen LogP) is 5.34. The maximum absolute atomic E-state index is 12.8. The third kappa shape index (κ3) is 3.51. The fourth-order valence-corrected chi connectivity index (χ4v) is 3.90. The van der Waals surface area contributed by atoms with Crippen LogP contribution in [0.1, 0.15) is 45.6 Å². The minimum atomic E-state index is -4.36. The Morgan fingerprint density at radius 1 is 1.07 bits per heavy atom. The zero-order chi connectivity index (χ0) is 19.9. The van der Waals surface area contributed by atoms with Crippen LogP contribution in [-0.4, -0.2) is 22.8 Å². The molecule has 2 aromatic carbocycles. The Hall–Kier alpha value is -2.76. The summed E-state index contributed by atoms with van der Waals surface area (Å²) in [7, 11) is 1.66. The van der Waals surface area contributed by atoms with Crippen LogP contribution in [0.25, 0.3) is 10.9 Å². The van der Waals surface area contributed by atoms with Gasteiger partial charge in [-0.15, -0.1) is 0 Å². The van der Waals surface area contributed by atoms with Crippen LogP contribution in [0.4, 0.5) is 13.2 Å². The van der Waals surface area contributed by atoms with Crippen molar-refractivity contribution in [2.75, 3.05) is 7.05 Å². The molecule has 0 fully saturated rings. The lowest BCUT2D eigenvalue weighted by Crippen LogP contribution is -2.26. The van der Waals surface area contributed by atoms with Crippen LogP contribution >= 0.6 is 0 Å². The third-order valence-electron chi connectivity index (χ3n) is 5.39. The molecule has 1 amide bonds. The molecule has 1 aromatic heterocycles. The molecular weight excluding hydrogens is 365 g/mol. The van der Waals surface area contributed by atoms with Gasteiger partial charge in [0.05, 0.1) is 5.56 Å². The summed E-state index contributed by atoms with van der Waals surface area (Å²) in [6, 6.07) is 10.6. The molecule has 1 aliphatic rings. The molecule has 3 aromatic rings. The number of halogens is 3. The number of hydrogen-bond donors (Lipinski definition) is 1. The number of benzene rings is 2. The smallest absolute Gasteiger partial charge is 0.358 e. The van der Waals surface area contributed by atoms with Crippen molar-refractivity contribution in [3.8, 4) is 0 Å². The van der Waals surface area contributed by atoms with Crippen molar-refractivity contribution in [3.05, 3.63) is 70.4 Å². The van der Waals surface area contributed by atoms with Gasteiger partial charge in [-0.05, 0) is 67.1 Å². The maximum Gasteiger partial charge on any atom is 0.416 e. The third-order valence-corrected chi connectivity index (χ3v) is 5.39. The van der Waals surface area contributed by atoms with Gasteiger partial charge in [0, 0.05) is 35.8 Å². The number of carbonyl (C=O) groups excluding carboxylic acids is 1. The number of rotatable bonds is 3. The first kappa shape index (κ1) is 18.6. The highest BCUT2D eigenvalue weighted by Gasteiger charge is 2.30. The van der Waals surface area contributed by atoms with Gasteiger partial charge in [-0.1, -0.05) is 12.1 Å². The van der Waals surface area contributed by atoms with Crippen LogP contribution in [0.3, 0.4) is 0 Å². The van der Waals surface area contributed by atoms with Gasteiger partial charge in [-0.3, -0.25) is 4.79 Å². The summed E-state index contributed by atoms with van der Waals surface area (Å²) < 4.78 is 38.1. The molecule has 0 unspecified atom stereocenters. The van der Waals surface area contributed by atoms with Crippen molar-refractivity contribution in [1.82, 2.24) is 9.88 Å². The molecule has 3 nitrogen and oxygen atoms in total. The van der Waals surface area contributed by atoms with Crippen LogP contribution in [-0.2, 0) is 25.6 Å². The zero-order valence-electron chi connectivity index (χ0n) is 15.6. The van der Waals surface area contributed by atoms with Crippen LogP contribution in [0.2, 0.25) is 0 Å². The average Bonchev–Trinajstić information content (AvgIpc) is 3.05. The lowest BCUT2D eigenvalue weighted by atomic mass is 9.95. The number of H-pyrrole nitrogens is 1. The summed E-state index contributed by atoms with van der Waals surface area (Å²) >= 11 is 0. The molecule has 0 radical (unpaired) electrons. The minimum Gasteiger partial charge on any atom is -0.358 e. The Morgan fingerprint density at radius 3 is 2.50 bits per heavy atom. The van der Waals surface area contributed by atoms with E-state index in [2.05, 4.69) is 4.98 Å². The molecule has 146 valence electrons. The van der Waals surface area contributed by atoms with Gasteiger partial charge in [-0.25, -0.2) is 0 Å². The highest BCUT2D eigenvalue weighted by atomic mass is 19.4. The Balaban J connectivity index is 1.53. The van der Waals surface area contributed by atoms with Gasteiger partial charge in [-0.2, -0.15) is 13.2 Å². The number of nitrogens with zero attached hydrogens (tertiary/aromatic N) is 1. The average molecular weight is 386 g/mol. The van der Waals surface area contributed by atoms with Crippen molar-refractivity contribution in [2.45, 2.75) is 38.4 Å². The number of hydrogen-bond acceptors (Lipinski definition) is 1. The van der Waals surface area contributed by atoms with Crippen LogP contribution in [0.5, 0.6) is 0 Å². The first-order valence-electron chi connectivity index (χ1n) is 9.38. The van der Waals surface area contributed by atoms with Gasteiger partial charge >= 0.3 is 6.18 Å². The highest BCUT2D eigenvalue weighted by molar-refractivity contribution is 5.99. The number of fused-ring (bicyclic) bond motifs is 3. The summed E-state index contributed by atoms with van der Waals surface area (Å²) in [5.41, 5.74) is 4.19. The zero-order valence-corrected chi connectivity index (χ0v) is 15.6. The molecular formula is C22H21F3N2O. The lowest BCUT2D eigenvalue weighted by molar-refractivity contribution is -0.137. The Morgan fingerprint density at radius 2 is 1.79 bits per heavy atom. The van der Waals surface area contributed by atoms with Crippen molar-refractivity contribution in [2.24, 2.45) is 0 Å². The van der Waals surface area contributed by atoms with E-state index in [9.17, 15) is 18.0 Å². The summed E-state index contributed by atoms with van der Waals surface area (Å²) in [5.74, 6) is -0.146. The van der Waals surface area contributed by atoms with Gasteiger partial charge in [0.2, 0.25) is 0 Å². The predicted molar refractivity (Wildman–Crippen MR) is 102 cm³/mol. The Bertz CT molecular complexity index is 1020. The van der Waals surface area contributed by atoms with Crippen molar-refractivity contribution < 1.29 is 18.0 Å². The van der Waals surface area contributed by atoms with E-state index >= 15 is 0 Å². The van der Waals surface area contributed by atoms with Gasteiger partial charge in [0.25, 0.3) is 5.91 Å². The number of alkyl halides is 3. The second kappa shape index (κ2) is 7.00. The fraction of sp³-hybridized carbons (Fsp3) is 0.318. The summed E-state index contributed by atoms with van der Waals surface area (Å²) in [5, 5.41) is 1.10. The molecule has 1 aliphatic carbocycles. The van der Waals surface area contributed by atoms with Gasteiger partial charge < -0.3 is 9.88 Å². The van der Waals surface area contributed by atoms with E-state index in [-0.39, 0.29) is 12.5 Å². The fourth-order valence-electron chi connectivity index (χ4n) is 3.90. The molecule has 6 heteroatoms. The van der Waals surface area contributed by atoms with E-state index in [0.29, 0.717) is 11.1 Å². The van der Waals surface area contributed by atoms with Crippen molar-refractivity contribution in [1.29, 1.82) is 0 Å². The van der Waals surface area contributed by atoms with Crippen molar-refractivity contribution >= 4 is 16.8 Å². The number of aromatic amines is 1. The standard InChI is InChI=1S/C22H21F3N2O/c1-27(13-14-6-9-16(10-7-14)22(23,24)25)21(28)15-8-11-20-18(12-15)17-4-2-3-5-19(17)26-20/h6-12,26H,2-5,13H2,1H3. The van der Waals surface area contributed by atoms with Crippen molar-refractivity contribution in [3.63, 3.8) is 0 Å². The second-order valence-electron chi connectivity index (χ2n) is 7.41. The van der Waals surface area contributed by atoms with E-state index in [4.69, 9.17) is 0 Å². The molecule has 0 atom stereocenters. The number of amides is 1. The topological polar surface area (TPSA) is 36.1 Å². The van der Waals surface area contributed by atoms with E-state index in [1.807, 2.05) is 12.1 Å². The molecule has 28 heavy (non-hydrogen) atoms. The molecule has 0 spiro atoms. The summed E-state index contributed by atoms with van der Waals surface area (Å²) in [6.07, 6.45) is 0.0499. The molecule has 0 saturated carbocycles. The lowest BCUT2D eigenvalue weighted by Gasteiger charge is -2.18. The normalized spacial score (nSPS) is 14.1. The summed E-state index contributed by atoms with van der Waals surface area (Å²) in [4.78, 5) is 17.8. The monoisotopic (exact) mass is 386 g/mol. The van der Waals surface area contributed by atoms with Crippen LogP contribution in [0.15, 0.2) is 42.5 Å².